The fourth-order valence-electron chi connectivity index (χ4n) is 0.853. The number of nitrogens with zero attached hydrogens (tertiary/aromatic N) is 4. The van der Waals surface area contributed by atoms with Gasteiger partial charge in [-0.1, -0.05) is 0 Å². The van der Waals surface area contributed by atoms with E-state index in [1.807, 2.05) is 0 Å². The Kier molecular flexibility index (Phi) is 0.974. The second-order valence-corrected chi connectivity index (χ2v) is 2.05. The minimum Gasteiger partial charge on any atom is -0.381 e. The Morgan fingerprint density at radius 1 is 1.36 bits per heavy atom. The van der Waals surface area contributed by atoms with Crippen molar-refractivity contribution in [3.05, 3.63) is 12.4 Å². The van der Waals surface area contributed by atoms with E-state index in [4.69, 9.17) is 11.5 Å². The van der Waals surface area contributed by atoms with E-state index in [9.17, 15) is 0 Å². The van der Waals surface area contributed by atoms with E-state index in [2.05, 4.69) is 15.1 Å². The fourth-order valence-corrected chi connectivity index (χ4v) is 0.853. The van der Waals surface area contributed by atoms with E-state index in [-0.39, 0.29) is 5.95 Å². The van der Waals surface area contributed by atoms with E-state index >= 15 is 0 Å². The van der Waals surface area contributed by atoms with Gasteiger partial charge in [-0.25, -0.2) is 9.50 Å². The summed E-state index contributed by atoms with van der Waals surface area (Å²) in [5.74, 6) is 0.529. The van der Waals surface area contributed by atoms with Crippen LogP contribution in [0.3, 0.4) is 0 Å². The van der Waals surface area contributed by atoms with Crippen LogP contribution in [0.15, 0.2) is 12.4 Å². The lowest BCUT2D eigenvalue weighted by Crippen LogP contribution is -1.95. The summed E-state index contributed by atoms with van der Waals surface area (Å²) in [6, 6.07) is 0. The molecule has 11 heavy (non-hydrogen) atoms. The number of nitrogen functional groups attached to an aromatic ring is 2. The van der Waals surface area contributed by atoms with Gasteiger partial charge >= 0.3 is 0 Å². The van der Waals surface area contributed by atoms with Crippen molar-refractivity contribution in [2.24, 2.45) is 0 Å². The van der Waals surface area contributed by atoms with Crippen molar-refractivity contribution < 1.29 is 0 Å². The third-order valence-electron chi connectivity index (χ3n) is 1.30. The molecule has 6 heteroatoms. The Morgan fingerprint density at radius 2 is 2.18 bits per heavy atom. The van der Waals surface area contributed by atoms with Gasteiger partial charge in [0.1, 0.15) is 0 Å². The van der Waals surface area contributed by atoms with Gasteiger partial charge in [-0.05, 0) is 0 Å². The minimum atomic E-state index is 0.199. The highest BCUT2D eigenvalue weighted by atomic mass is 15.3. The van der Waals surface area contributed by atoms with Crippen molar-refractivity contribution in [2.45, 2.75) is 0 Å². The molecule has 0 saturated carbocycles. The van der Waals surface area contributed by atoms with Gasteiger partial charge < -0.3 is 11.5 Å². The summed E-state index contributed by atoms with van der Waals surface area (Å²) in [5, 5.41) is 3.84. The van der Waals surface area contributed by atoms with Crippen molar-refractivity contribution in [1.29, 1.82) is 0 Å². The van der Waals surface area contributed by atoms with Crippen LogP contribution < -0.4 is 11.5 Å². The summed E-state index contributed by atoms with van der Waals surface area (Å²) >= 11 is 0. The molecule has 0 saturated heterocycles. The highest BCUT2D eigenvalue weighted by Gasteiger charge is 2.02. The Labute approximate surface area is 61.9 Å². The Morgan fingerprint density at radius 3 is 2.91 bits per heavy atom. The highest BCUT2D eigenvalue weighted by Crippen LogP contribution is 2.06. The highest BCUT2D eigenvalue weighted by molar-refractivity contribution is 5.59. The average molecular weight is 150 g/mol. The molecule has 0 fully saturated rings. The van der Waals surface area contributed by atoms with Crippen molar-refractivity contribution in [1.82, 2.24) is 19.6 Å². The van der Waals surface area contributed by atoms with Gasteiger partial charge in [-0.2, -0.15) is 4.98 Å². The van der Waals surface area contributed by atoms with Crippen LogP contribution in [0.2, 0.25) is 0 Å². The first-order valence-corrected chi connectivity index (χ1v) is 3.00. The molecule has 0 radical (unpaired) electrons. The summed E-state index contributed by atoms with van der Waals surface area (Å²) in [4.78, 5) is 7.67. The number of hydrogen-bond donors (Lipinski definition) is 2. The van der Waals surface area contributed by atoms with Gasteiger partial charge in [0.2, 0.25) is 5.95 Å². The van der Waals surface area contributed by atoms with Gasteiger partial charge in [-0.15, -0.1) is 5.10 Å². The van der Waals surface area contributed by atoms with Crippen LogP contribution in [0.25, 0.3) is 5.65 Å². The molecule has 2 aromatic rings. The number of fused-ring (bicyclic) bond motifs is 1. The van der Waals surface area contributed by atoms with Crippen molar-refractivity contribution in [3.63, 3.8) is 0 Å². The first-order valence-electron chi connectivity index (χ1n) is 3.00. The molecule has 0 amide bonds. The molecule has 0 bridgehead atoms. The summed E-state index contributed by atoms with van der Waals surface area (Å²) in [6.45, 7) is 0. The molecular weight excluding hydrogens is 144 g/mol. The third-order valence-corrected chi connectivity index (χ3v) is 1.30. The van der Waals surface area contributed by atoms with E-state index in [1.165, 1.54) is 10.7 Å². The largest absolute Gasteiger partial charge is 0.381 e. The monoisotopic (exact) mass is 150 g/mol. The van der Waals surface area contributed by atoms with Crippen LogP contribution in [0.1, 0.15) is 0 Å². The minimum absolute atomic E-state index is 0.199. The molecule has 2 aromatic heterocycles. The van der Waals surface area contributed by atoms with Crippen LogP contribution in [-0.4, -0.2) is 19.6 Å². The normalized spacial score (nSPS) is 10.5. The Bertz CT molecular complexity index is 391. The Balaban J connectivity index is 2.90. The zero-order chi connectivity index (χ0) is 7.84. The molecule has 2 rings (SSSR count). The van der Waals surface area contributed by atoms with Crippen molar-refractivity contribution in [2.75, 3.05) is 11.5 Å². The smallest absolute Gasteiger partial charge is 0.240 e. The molecule has 0 aliphatic heterocycles. The van der Waals surface area contributed by atoms with Crippen molar-refractivity contribution in [3.8, 4) is 0 Å². The number of anilines is 2. The molecule has 0 unspecified atom stereocenters. The van der Waals surface area contributed by atoms with Crippen LogP contribution in [0.5, 0.6) is 0 Å². The molecule has 0 aliphatic carbocycles. The number of rotatable bonds is 0. The second-order valence-electron chi connectivity index (χ2n) is 2.05. The fraction of sp³-hybridized carbons (Fsp3) is 0. The molecule has 0 aromatic carbocycles. The summed E-state index contributed by atoms with van der Waals surface area (Å²) in [6.07, 6.45) is 3.17. The van der Waals surface area contributed by atoms with E-state index < -0.39 is 0 Å². The van der Waals surface area contributed by atoms with Gasteiger partial charge in [0, 0.05) is 12.4 Å². The molecule has 0 aliphatic rings. The molecular formula is C5H6N6. The van der Waals surface area contributed by atoms with Crippen LogP contribution in [-0.2, 0) is 0 Å². The standard InChI is InChI=1S/C5H6N6/c6-3-4-9-5(7)10-11(4)2-1-8-3/h1-2H,(H2,6,8)(H2,7,10). The zero-order valence-corrected chi connectivity index (χ0v) is 5.60. The number of hydrogen-bond acceptors (Lipinski definition) is 5. The first kappa shape index (κ1) is 5.90. The van der Waals surface area contributed by atoms with E-state index in [0.717, 1.165) is 0 Å². The molecule has 4 N–H and O–H groups in total. The van der Waals surface area contributed by atoms with Gasteiger partial charge in [0.05, 0.1) is 0 Å². The molecule has 6 nitrogen and oxygen atoms in total. The predicted octanol–water partition coefficient (Wildman–Crippen LogP) is -0.711. The topological polar surface area (TPSA) is 95.1 Å². The molecule has 0 atom stereocenters. The van der Waals surface area contributed by atoms with Crippen molar-refractivity contribution >= 4 is 17.4 Å². The summed E-state index contributed by atoms with van der Waals surface area (Å²) in [5.41, 5.74) is 11.3. The van der Waals surface area contributed by atoms with Gasteiger partial charge in [-0.3, -0.25) is 0 Å². The second kappa shape index (κ2) is 1.82. The maximum absolute atomic E-state index is 5.48. The maximum atomic E-state index is 5.48. The summed E-state index contributed by atoms with van der Waals surface area (Å²) in [7, 11) is 0. The quantitative estimate of drug-likeness (QED) is 0.517. The van der Waals surface area contributed by atoms with E-state index in [1.54, 1.807) is 6.20 Å². The lowest BCUT2D eigenvalue weighted by molar-refractivity contribution is 0.955. The predicted molar refractivity (Wildman–Crippen MR) is 39.6 cm³/mol. The number of nitrogens with two attached hydrogens (primary N) is 2. The SMILES string of the molecule is Nc1nc2c(N)nccn2n1. The van der Waals surface area contributed by atoms with Crippen LogP contribution >= 0.6 is 0 Å². The molecule has 0 spiro atoms. The first-order chi connectivity index (χ1) is 5.27. The maximum Gasteiger partial charge on any atom is 0.240 e. The number of aromatic nitrogens is 4. The van der Waals surface area contributed by atoms with Gasteiger partial charge in [0.25, 0.3) is 0 Å². The zero-order valence-electron chi connectivity index (χ0n) is 5.60. The summed E-state index contributed by atoms with van der Waals surface area (Å²) < 4.78 is 1.48. The lowest BCUT2D eigenvalue weighted by atomic mass is 10.6. The Hall–Kier alpha value is -1.85. The molecule has 2 heterocycles. The molecule has 56 valence electrons. The average Bonchev–Trinajstić information content (AvgIpc) is 2.31. The van der Waals surface area contributed by atoms with Crippen LogP contribution in [0, 0.1) is 0 Å². The third kappa shape index (κ3) is 0.759. The van der Waals surface area contributed by atoms with Gasteiger partial charge in [0.15, 0.2) is 11.5 Å². The van der Waals surface area contributed by atoms with E-state index in [0.29, 0.717) is 11.5 Å². The van der Waals surface area contributed by atoms with Crippen LogP contribution in [0.4, 0.5) is 11.8 Å². The lowest BCUT2D eigenvalue weighted by Gasteiger charge is -1.91.